The number of rotatable bonds is 4. The van der Waals surface area contributed by atoms with E-state index in [2.05, 4.69) is 10.5 Å². The summed E-state index contributed by atoms with van der Waals surface area (Å²) in [6.45, 7) is 1.66. The van der Waals surface area contributed by atoms with Crippen LogP contribution in [0.3, 0.4) is 0 Å². The van der Waals surface area contributed by atoms with Gasteiger partial charge < -0.3 is 16.3 Å². The van der Waals surface area contributed by atoms with Crippen LogP contribution in [0, 0.1) is 17.8 Å². The molecule has 1 aliphatic carbocycles. The summed E-state index contributed by atoms with van der Waals surface area (Å²) in [7, 11) is 0. The first-order valence-electron chi connectivity index (χ1n) is 6.59. The van der Waals surface area contributed by atoms with Crippen LogP contribution in [0.15, 0.2) is 5.16 Å². The van der Waals surface area contributed by atoms with Gasteiger partial charge in [-0.1, -0.05) is 24.9 Å². The summed E-state index contributed by atoms with van der Waals surface area (Å²) in [5.41, 5.74) is 5.35. The Morgan fingerprint density at radius 3 is 2.60 bits per heavy atom. The number of amides is 1. The van der Waals surface area contributed by atoms with Crippen LogP contribution in [-0.2, 0) is 4.79 Å². The van der Waals surface area contributed by atoms with E-state index in [9.17, 15) is 18.0 Å². The highest BCUT2D eigenvalue weighted by molar-refractivity contribution is 5.83. The van der Waals surface area contributed by atoms with E-state index in [1.165, 1.54) is 0 Å². The van der Waals surface area contributed by atoms with Crippen molar-refractivity contribution in [2.24, 2.45) is 28.6 Å². The molecule has 20 heavy (non-hydrogen) atoms. The van der Waals surface area contributed by atoms with Gasteiger partial charge in [0.2, 0.25) is 5.91 Å². The molecule has 4 N–H and O–H groups in total. The zero-order valence-electron chi connectivity index (χ0n) is 11.3. The summed E-state index contributed by atoms with van der Waals surface area (Å²) in [5, 5.41) is 13.7. The maximum atomic E-state index is 12.9. The molecule has 0 aromatic carbocycles. The molecule has 0 spiro atoms. The molecule has 0 radical (unpaired) electrons. The smallest absolute Gasteiger partial charge is 0.392 e. The molecule has 1 rings (SSSR count). The van der Waals surface area contributed by atoms with Gasteiger partial charge in [-0.2, -0.15) is 13.2 Å². The summed E-state index contributed by atoms with van der Waals surface area (Å²) in [5.74, 6) is -3.72. The van der Waals surface area contributed by atoms with E-state index in [0.29, 0.717) is 12.8 Å². The number of oxime groups is 1. The molecule has 5 nitrogen and oxygen atoms in total. The highest BCUT2D eigenvalue weighted by atomic mass is 19.4. The van der Waals surface area contributed by atoms with Gasteiger partial charge in [0, 0.05) is 18.4 Å². The zero-order chi connectivity index (χ0) is 15.3. The molecule has 0 aliphatic heterocycles. The van der Waals surface area contributed by atoms with E-state index in [1.54, 1.807) is 6.92 Å². The van der Waals surface area contributed by atoms with Gasteiger partial charge in [0.25, 0.3) is 0 Å². The molecule has 0 aromatic heterocycles. The number of carbonyl (C=O) groups is 1. The Hall–Kier alpha value is -1.47. The van der Waals surface area contributed by atoms with Gasteiger partial charge in [0.05, 0.1) is 5.92 Å². The summed E-state index contributed by atoms with van der Waals surface area (Å²) < 4.78 is 38.6. The Bertz CT molecular complexity index is 371. The lowest BCUT2D eigenvalue weighted by Crippen LogP contribution is -2.44. The molecule has 1 saturated carbocycles. The van der Waals surface area contributed by atoms with Crippen molar-refractivity contribution in [1.29, 1.82) is 0 Å². The Balaban J connectivity index is 2.60. The molecular formula is C12H20F3N3O2. The van der Waals surface area contributed by atoms with Crippen LogP contribution in [0.25, 0.3) is 0 Å². The maximum Gasteiger partial charge on any atom is 0.392 e. The number of hydrogen-bond acceptors (Lipinski definition) is 3. The monoisotopic (exact) mass is 295 g/mol. The fraction of sp³-hybridized carbons (Fsp3) is 0.833. The number of nitrogens with one attached hydrogen (secondary N) is 1. The predicted octanol–water partition coefficient (Wildman–Crippen LogP) is 1.85. The van der Waals surface area contributed by atoms with Crippen molar-refractivity contribution >= 4 is 11.7 Å². The second kappa shape index (κ2) is 6.81. The topological polar surface area (TPSA) is 87.7 Å². The van der Waals surface area contributed by atoms with E-state index in [4.69, 9.17) is 10.9 Å². The van der Waals surface area contributed by atoms with Crippen LogP contribution in [0.1, 0.15) is 32.6 Å². The number of nitrogens with zero attached hydrogens (tertiary/aromatic N) is 1. The molecule has 0 bridgehead atoms. The predicted molar refractivity (Wildman–Crippen MR) is 67.1 cm³/mol. The summed E-state index contributed by atoms with van der Waals surface area (Å²) in [4.78, 5) is 11.9. The van der Waals surface area contributed by atoms with Crippen LogP contribution in [0.4, 0.5) is 13.2 Å². The average Bonchev–Trinajstić information content (AvgIpc) is 2.42. The van der Waals surface area contributed by atoms with E-state index in [-0.39, 0.29) is 25.2 Å². The number of amidine groups is 1. The molecular weight excluding hydrogens is 275 g/mol. The number of alkyl halides is 3. The number of nitrogens with two attached hydrogens (primary N) is 1. The van der Waals surface area contributed by atoms with Crippen LogP contribution < -0.4 is 11.1 Å². The SMILES string of the molecule is CC(CNC(=O)C1CCCCC1C(F)(F)F)C(N)=NO. The van der Waals surface area contributed by atoms with Crippen LogP contribution >= 0.6 is 0 Å². The molecule has 8 heteroatoms. The minimum absolute atomic E-state index is 0.00260. The molecule has 1 amide bonds. The van der Waals surface area contributed by atoms with Crippen molar-refractivity contribution in [1.82, 2.24) is 5.32 Å². The zero-order valence-corrected chi connectivity index (χ0v) is 11.3. The van der Waals surface area contributed by atoms with Crippen LogP contribution in [0.2, 0.25) is 0 Å². The third-order valence-corrected chi connectivity index (χ3v) is 3.73. The Morgan fingerprint density at radius 2 is 2.05 bits per heavy atom. The van der Waals surface area contributed by atoms with E-state index in [1.807, 2.05) is 0 Å². The van der Waals surface area contributed by atoms with Crippen LogP contribution in [0.5, 0.6) is 0 Å². The van der Waals surface area contributed by atoms with Gasteiger partial charge in [-0.25, -0.2) is 0 Å². The van der Waals surface area contributed by atoms with Crippen LogP contribution in [-0.4, -0.2) is 29.7 Å². The lowest BCUT2D eigenvalue weighted by Gasteiger charge is -2.32. The lowest BCUT2D eigenvalue weighted by atomic mass is 9.78. The maximum absolute atomic E-state index is 12.9. The first-order chi connectivity index (χ1) is 9.27. The van der Waals surface area contributed by atoms with Gasteiger partial charge in [-0.3, -0.25) is 4.79 Å². The first-order valence-corrected chi connectivity index (χ1v) is 6.59. The third kappa shape index (κ3) is 4.28. The Kier molecular flexibility index (Phi) is 5.64. The quantitative estimate of drug-likeness (QED) is 0.320. The van der Waals surface area contributed by atoms with Crippen molar-refractivity contribution < 1.29 is 23.2 Å². The first kappa shape index (κ1) is 16.6. The Morgan fingerprint density at radius 1 is 1.45 bits per heavy atom. The molecule has 3 unspecified atom stereocenters. The fourth-order valence-electron chi connectivity index (χ4n) is 2.42. The van der Waals surface area contributed by atoms with Gasteiger partial charge in [-0.15, -0.1) is 0 Å². The molecule has 1 fully saturated rings. The number of hydrogen-bond donors (Lipinski definition) is 3. The van der Waals surface area contributed by atoms with Gasteiger partial charge in [0.1, 0.15) is 5.84 Å². The molecule has 0 aromatic rings. The van der Waals surface area contributed by atoms with E-state index < -0.39 is 29.8 Å². The highest BCUT2D eigenvalue weighted by Gasteiger charge is 2.47. The van der Waals surface area contributed by atoms with Gasteiger partial charge >= 0.3 is 6.18 Å². The normalized spacial score (nSPS) is 26.1. The van der Waals surface area contributed by atoms with Crippen molar-refractivity contribution in [2.45, 2.75) is 38.8 Å². The molecule has 116 valence electrons. The van der Waals surface area contributed by atoms with E-state index >= 15 is 0 Å². The largest absolute Gasteiger partial charge is 0.409 e. The minimum atomic E-state index is -4.35. The Labute approximate surface area is 115 Å². The lowest BCUT2D eigenvalue weighted by molar-refractivity contribution is -0.198. The average molecular weight is 295 g/mol. The molecule has 3 atom stereocenters. The molecule has 0 saturated heterocycles. The fourth-order valence-corrected chi connectivity index (χ4v) is 2.42. The number of carbonyl (C=O) groups excluding carboxylic acids is 1. The molecule has 0 heterocycles. The van der Waals surface area contributed by atoms with Crippen molar-refractivity contribution in [3.63, 3.8) is 0 Å². The van der Waals surface area contributed by atoms with Crippen molar-refractivity contribution in [2.75, 3.05) is 6.54 Å². The molecule has 1 aliphatic rings. The summed E-state index contributed by atoms with van der Waals surface area (Å²) in [6, 6.07) is 0. The van der Waals surface area contributed by atoms with Crippen molar-refractivity contribution in [3.05, 3.63) is 0 Å². The summed E-state index contributed by atoms with van der Waals surface area (Å²) >= 11 is 0. The third-order valence-electron chi connectivity index (χ3n) is 3.73. The second-order valence-corrected chi connectivity index (χ2v) is 5.21. The van der Waals surface area contributed by atoms with Gasteiger partial charge in [0.15, 0.2) is 0 Å². The second-order valence-electron chi connectivity index (χ2n) is 5.21. The summed E-state index contributed by atoms with van der Waals surface area (Å²) in [6.07, 6.45) is -2.99. The number of halogens is 3. The van der Waals surface area contributed by atoms with Crippen molar-refractivity contribution in [3.8, 4) is 0 Å². The highest BCUT2D eigenvalue weighted by Crippen LogP contribution is 2.41. The van der Waals surface area contributed by atoms with Gasteiger partial charge in [-0.05, 0) is 12.8 Å². The minimum Gasteiger partial charge on any atom is -0.409 e. The standard InChI is InChI=1S/C12H20F3N3O2/c1-7(10(16)18-20)6-17-11(19)8-4-2-3-5-9(8)12(13,14)15/h7-9,20H,2-6H2,1H3,(H2,16,18)(H,17,19). The van der Waals surface area contributed by atoms with E-state index in [0.717, 1.165) is 0 Å².